The van der Waals surface area contributed by atoms with E-state index < -0.39 is 12.7 Å². The summed E-state index contributed by atoms with van der Waals surface area (Å²) >= 11 is 0. The van der Waals surface area contributed by atoms with Crippen molar-refractivity contribution < 1.29 is 13.2 Å². The van der Waals surface area contributed by atoms with Crippen LogP contribution in [-0.4, -0.2) is 37.3 Å². The molecule has 2 rings (SSSR count). The van der Waals surface area contributed by atoms with Crippen LogP contribution in [-0.2, 0) is 6.42 Å². The monoisotopic (exact) mass is 286 g/mol. The fourth-order valence-electron chi connectivity index (χ4n) is 2.81. The van der Waals surface area contributed by atoms with Gasteiger partial charge in [0.25, 0.3) is 0 Å². The summed E-state index contributed by atoms with van der Waals surface area (Å²) in [5.74, 6) is 0.235. The molecule has 0 saturated heterocycles. The summed E-state index contributed by atoms with van der Waals surface area (Å²) in [7, 11) is 0. The van der Waals surface area contributed by atoms with Crippen LogP contribution in [0.5, 0.6) is 0 Å². The van der Waals surface area contributed by atoms with Gasteiger partial charge in [0.15, 0.2) is 0 Å². The highest BCUT2D eigenvalue weighted by molar-refractivity contribution is 5.53. The first-order chi connectivity index (χ1) is 9.48. The minimum Gasteiger partial charge on any atom is -0.384 e. The SMILES string of the molecule is CCCN(CC1CNc2ccccc2C1)CC(F)(F)F. The average molecular weight is 286 g/mol. The summed E-state index contributed by atoms with van der Waals surface area (Å²) in [5.41, 5.74) is 2.31. The Morgan fingerprint density at radius 3 is 2.75 bits per heavy atom. The van der Waals surface area contributed by atoms with Crippen molar-refractivity contribution in [2.45, 2.75) is 25.9 Å². The van der Waals surface area contributed by atoms with E-state index in [9.17, 15) is 13.2 Å². The molecule has 0 aromatic heterocycles. The van der Waals surface area contributed by atoms with E-state index in [1.165, 1.54) is 10.5 Å². The lowest BCUT2D eigenvalue weighted by Crippen LogP contribution is -2.41. The molecule has 1 N–H and O–H groups in total. The third-order valence-electron chi connectivity index (χ3n) is 3.57. The Bertz CT molecular complexity index is 431. The number of anilines is 1. The molecule has 1 aromatic carbocycles. The van der Waals surface area contributed by atoms with Crippen molar-refractivity contribution in [1.82, 2.24) is 4.90 Å². The molecule has 0 aliphatic carbocycles. The molecule has 5 heteroatoms. The zero-order valence-corrected chi connectivity index (χ0v) is 11.7. The number of fused-ring (bicyclic) bond motifs is 1. The smallest absolute Gasteiger partial charge is 0.384 e. The zero-order chi connectivity index (χ0) is 14.6. The minimum absolute atomic E-state index is 0.235. The van der Waals surface area contributed by atoms with Gasteiger partial charge in [0.2, 0.25) is 0 Å². The van der Waals surface area contributed by atoms with Crippen molar-refractivity contribution in [2.75, 3.05) is 31.5 Å². The van der Waals surface area contributed by atoms with Gasteiger partial charge in [-0.3, -0.25) is 4.90 Å². The molecule has 1 aliphatic rings. The summed E-state index contributed by atoms with van der Waals surface area (Å²) < 4.78 is 37.7. The molecule has 0 spiro atoms. The van der Waals surface area contributed by atoms with Crippen LogP contribution in [0.25, 0.3) is 0 Å². The van der Waals surface area contributed by atoms with Crippen LogP contribution in [0.15, 0.2) is 24.3 Å². The number of nitrogens with one attached hydrogen (secondary N) is 1. The Morgan fingerprint density at radius 1 is 1.30 bits per heavy atom. The fourth-order valence-corrected chi connectivity index (χ4v) is 2.81. The van der Waals surface area contributed by atoms with Crippen molar-refractivity contribution in [3.63, 3.8) is 0 Å². The van der Waals surface area contributed by atoms with E-state index in [4.69, 9.17) is 0 Å². The molecule has 1 unspecified atom stereocenters. The number of hydrogen-bond donors (Lipinski definition) is 1. The maximum absolute atomic E-state index is 12.6. The van der Waals surface area contributed by atoms with Gasteiger partial charge in [-0.2, -0.15) is 13.2 Å². The van der Waals surface area contributed by atoms with E-state index in [1.807, 2.05) is 31.2 Å². The first-order valence-corrected chi connectivity index (χ1v) is 7.09. The highest BCUT2D eigenvalue weighted by Gasteiger charge is 2.31. The van der Waals surface area contributed by atoms with Gasteiger partial charge in [-0.1, -0.05) is 25.1 Å². The number of rotatable bonds is 5. The first-order valence-electron chi connectivity index (χ1n) is 7.09. The van der Waals surface area contributed by atoms with Crippen molar-refractivity contribution >= 4 is 5.69 Å². The van der Waals surface area contributed by atoms with E-state index in [0.29, 0.717) is 13.1 Å². The molecule has 0 saturated carbocycles. The number of halogens is 3. The third kappa shape index (κ3) is 4.40. The molecular formula is C15H21F3N2. The van der Waals surface area contributed by atoms with Gasteiger partial charge in [0, 0.05) is 18.8 Å². The first kappa shape index (κ1) is 15.2. The third-order valence-corrected chi connectivity index (χ3v) is 3.57. The van der Waals surface area contributed by atoms with Gasteiger partial charge in [0.05, 0.1) is 6.54 Å². The molecule has 0 bridgehead atoms. The quantitative estimate of drug-likeness (QED) is 0.890. The molecule has 1 aliphatic heterocycles. The van der Waals surface area contributed by atoms with Crippen molar-refractivity contribution in [3.05, 3.63) is 29.8 Å². The van der Waals surface area contributed by atoms with Crippen LogP contribution >= 0.6 is 0 Å². The lowest BCUT2D eigenvalue weighted by molar-refractivity contribution is -0.147. The van der Waals surface area contributed by atoms with E-state index in [0.717, 1.165) is 25.1 Å². The molecule has 112 valence electrons. The van der Waals surface area contributed by atoms with Gasteiger partial charge in [0.1, 0.15) is 0 Å². The second-order valence-corrected chi connectivity index (χ2v) is 5.46. The molecule has 2 nitrogen and oxygen atoms in total. The van der Waals surface area contributed by atoms with Crippen LogP contribution in [0.2, 0.25) is 0 Å². The summed E-state index contributed by atoms with van der Waals surface area (Å²) in [5, 5.41) is 3.32. The van der Waals surface area contributed by atoms with E-state index in [2.05, 4.69) is 5.32 Å². The summed E-state index contributed by atoms with van der Waals surface area (Å²) in [6.45, 7) is 2.85. The molecule has 1 heterocycles. The standard InChI is InChI=1S/C15H21F3N2/c1-2-7-20(11-15(16,17)18)10-12-8-13-5-3-4-6-14(13)19-9-12/h3-6,12,19H,2,7-11H2,1H3. The molecule has 20 heavy (non-hydrogen) atoms. The minimum atomic E-state index is -4.12. The second kappa shape index (κ2) is 6.48. The van der Waals surface area contributed by atoms with Crippen LogP contribution in [0.1, 0.15) is 18.9 Å². The molecule has 0 amide bonds. The van der Waals surface area contributed by atoms with Crippen molar-refractivity contribution in [1.29, 1.82) is 0 Å². The van der Waals surface area contributed by atoms with E-state index in [-0.39, 0.29) is 5.92 Å². The fraction of sp³-hybridized carbons (Fsp3) is 0.600. The lowest BCUT2D eigenvalue weighted by Gasteiger charge is -2.31. The van der Waals surface area contributed by atoms with Gasteiger partial charge in [-0.15, -0.1) is 0 Å². The Labute approximate surface area is 118 Å². The summed E-state index contributed by atoms with van der Waals surface area (Å²) in [4.78, 5) is 1.53. The Morgan fingerprint density at radius 2 is 2.05 bits per heavy atom. The van der Waals surface area contributed by atoms with Crippen molar-refractivity contribution in [2.24, 2.45) is 5.92 Å². The zero-order valence-electron chi connectivity index (χ0n) is 11.7. The number of hydrogen-bond acceptors (Lipinski definition) is 2. The number of para-hydroxylation sites is 1. The lowest BCUT2D eigenvalue weighted by atomic mass is 9.93. The number of benzene rings is 1. The van der Waals surface area contributed by atoms with Crippen molar-refractivity contribution in [3.8, 4) is 0 Å². The Balaban J connectivity index is 1.95. The van der Waals surface area contributed by atoms with Gasteiger partial charge < -0.3 is 5.32 Å². The molecule has 1 aromatic rings. The largest absolute Gasteiger partial charge is 0.401 e. The molecular weight excluding hydrogens is 265 g/mol. The molecule has 0 radical (unpaired) electrons. The Kier molecular flexibility index (Phi) is 4.91. The predicted molar refractivity (Wildman–Crippen MR) is 74.9 cm³/mol. The van der Waals surface area contributed by atoms with E-state index >= 15 is 0 Å². The van der Waals surface area contributed by atoms with E-state index in [1.54, 1.807) is 0 Å². The van der Waals surface area contributed by atoms with Gasteiger partial charge in [-0.25, -0.2) is 0 Å². The number of alkyl halides is 3. The predicted octanol–water partition coefficient (Wildman–Crippen LogP) is 3.55. The normalized spacial score (nSPS) is 18.8. The highest BCUT2D eigenvalue weighted by Crippen LogP contribution is 2.25. The van der Waals surface area contributed by atoms with Gasteiger partial charge >= 0.3 is 6.18 Å². The summed E-state index contributed by atoms with van der Waals surface area (Å²) in [6, 6.07) is 8.01. The summed E-state index contributed by atoms with van der Waals surface area (Å²) in [6.07, 6.45) is -2.52. The van der Waals surface area contributed by atoms with Crippen LogP contribution in [0, 0.1) is 5.92 Å². The maximum Gasteiger partial charge on any atom is 0.401 e. The molecule has 1 atom stereocenters. The number of nitrogens with zero attached hydrogens (tertiary/aromatic N) is 1. The van der Waals surface area contributed by atoms with Crippen LogP contribution in [0.3, 0.4) is 0 Å². The topological polar surface area (TPSA) is 15.3 Å². The van der Waals surface area contributed by atoms with Gasteiger partial charge in [-0.05, 0) is 36.9 Å². The Hall–Kier alpha value is -1.23. The van der Waals surface area contributed by atoms with Crippen LogP contribution in [0.4, 0.5) is 18.9 Å². The highest BCUT2D eigenvalue weighted by atomic mass is 19.4. The average Bonchev–Trinajstić information content (AvgIpc) is 2.37. The van der Waals surface area contributed by atoms with Crippen LogP contribution < -0.4 is 5.32 Å². The molecule has 0 fully saturated rings. The second-order valence-electron chi connectivity index (χ2n) is 5.46. The maximum atomic E-state index is 12.6.